The van der Waals surface area contributed by atoms with Crippen LogP contribution in [0.3, 0.4) is 0 Å². The molecule has 0 bridgehead atoms. The highest BCUT2D eigenvalue weighted by Gasteiger charge is 2.50. The van der Waals surface area contributed by atoms with Crippen molar-refractivity contribution in [3.8, 4) is 0 Å². The molecule has 0 aliphatic carbocycles. The summed E-state index contributed by atoms with van der Waals surface area (Å²) in [6.07, 6.45) is -0.418. The molecule has 0 saturated heterocycles. The molecule has 0 unspecified atom stereocenters. The standard InChI is InChI=1S/C23H17ClFNO3/c24-17-11-9-15(10-12-17)21(27)13-23(29)18-6-2-4-8-20(18)26(22(23)28)14-16-5-1-3-7-19(16)25/h1-12,29H,13-14H2/t23-/m1/s1. The zero-order chi connectivity index (χ0) is 20.6. The molecule has 146 valence electrons. The van der Waals surface area contributed by atoms with Gasteiger partial charge < -0.3 is 10.0 Å². The van der Waals surface area contributed by atoms with Crippen LogP contribution in [0.25, 0.3) is 0 Å². The van der Waals surface area contributed by atoms with E-state index >= 15 is 0 Å². The molecule has 1 N–H and O–H groups in total. The van der Waals surface area contributed by atoms with Crippen molar-refractivity contribution in [3.05, 3.63) is 100 Å². The van der Waals surface area contributed by atoms with Crippen molar-refractivity contribution in [1.29, 1.82) is 0 Å². The number of nitrogens with zero attached hydrogens (tertiary/aromatic N) is 1. The summed E-state index contributed by atoms with van der Waals surface area (Å²) in [4.78, 5) is 27.3. The fourth-order valence-corrected chi connectivity index (χ4v) is 3.73. The SMILES string of the molecule is O=C(C[C@]1(O)C(=O)N(Cc2ccccc2F)c2ccccc21)c1ccc(Cl)cc1. The first-order valence-electron chi connectivity index (χ1n) is 9.06. The van der Waals surface area contributed by atoms with Crippen LogP contribution in [-0.4, -0.2) is 16.8 Å². The number of aliphatic hydroxyl groups is 1. The summed E-state index contributed by atoms with van der Waals surface area (Å²) in [5, 5.41) is 11.8. The number of Topliss-reactive ketones (excluding diaryl/α,β-unsaturated/α-hetero) is 1. The summed E-state index contributed by atoms with van der Waals surface area (Å²) in [7, 11) is 0. The number of amides is 1. The van der Waals surface area contributed by atoms with Crippen molar-refractivity contribution in [3.63, 3.8) is 0 Å². The maximum atomic E-state index is 14.1. The smallest absolute Gasteiger partial charge is 0.264 e. The molecule has 1 aliphatic heterocycles. The lowest BCUT2D eigenvalue weighted by Crippen LogP contribution is -2.41. The second-order valence-electron chi connectivity index (χ2n) is 6.97. The largest absolute Gasteiger partial charge is 0.375 e. The number of para-hydroxylation sites is 1. The van der Waals surface area contributed by atoms with Gasteiger partial charge in [-0.05, 0) is 36.4 Å². The van der Waals surface area contributed by atoms with Crippen LogP contribution in [0.15, 0.2) is 72.8 Å². The first-order valence-corrected chi connectivity index (χ1v) is 9.44. The number of fused-ring (bicyclic) bond motifs is 1. The summed E-state index contributed by atoms with van der Waals surface area (Å²) in [6.45, 7) is -0.0417. The molecule has 6 heteroatoms. The van der Waals surface area contributed by atoms with Crippen molar-refractivity contribution in [2.75, 3.05) is 4.90 Å². The third-order valence-corrected chi connectivity index (χ3v) is 5.36. The van der Waals surface area contributed by atoms with Crippen LogP contribution in [0.1, 0.15) is 27.9 Å². The fourth-order valence-electron chi connectivity index (χ4n) is 3.60. The Morgan fingerprint density at radius 2 is 1.66 bits per heavy atom. The second-order valence-corrected chi connectivity index (χ2v) is 7.40. The lowest BCUT2D eigenvalue weighted by molar-refractivity contribution is -0.136. The van der Waals surface area contributed by atoms with Gasteiger partial charge in [-0.25, -0.2) is 4.39 Å². The number of carbonyl (C=O) groups excluding carboxylic acids is 2. The zero-order valence-electron chi connectivity index (χ0n) is 15.3. The van der Waals surface area contributed by atoms with E-state index in [-0.39, 0.29) is 12.3 Å². The Balaban J connectivity index is 1.69. The third kappa shape index (κ3) is 3.43. The highest BCUT2D eigenvalue weighted by atomic mass is 35.5. The summed E-state index contributed by atoms with van der Waals surface area (Å²) in [5.74, 6) is -1.48. The van der Waals surface area contributed by atoms with E-state index in [2.05, 4.69) is 0 Å². The first-order chi connectivity index (χ1) is 13.9. The van der Waals surface area contributed by atoms with E-state index in [0.717, 1.165) is 0 Å². The lowest BCUT2D eigenvalue weighted by atomic mass is 9.88. The van der Waals surface area contributed by atoms with E-state index in [9.17, 15) is 19.1 Å². The molecule has 1 heterocycles. The summed E-state index contributed by atoms with van der Waals surface area (Å²) >= 11 is 5.86. The second kappa shape index (κ2) is 7.43. The number of halogens is 2. The Morgan fingerprint density at radius 1 is 1.00 bits per heavy atom. The van der Waals surface area contributed by atoms with Crippen LogP contribution in [0, 0.1) is 5.82 Å². The highest BCUT2D eigenvalue weighted by molar-refractivity contribution is 6.30. The average Bonchev–Trinajstić information content (AvgIpc) is 2.92. The molecular weight excluding hydrogens is 393 g/mol. The Bertz CT molecular complexity index is 1100. The number of carbonyl (C=O) groups is 2. The third-order valence-electron chi connectivity index (χ3n) is 5.11. The van der Waals surface area contributed by atoms with E-state index in [0.29, 0.717) is 27.4 Å². The van der Waals surface area contributed by atoms with Crippen molar-refractivity contribution >= 4 is 29.0 Å². The van der Waals surface area contributed by atoms with Crippen molar-refractivity contribution in [2.45, 2.75) is 18.6 Å². The minimum Gasteiger partial charge on any atom is -0.375 e. The predicted octanol–water partition coefficient (Wildman–Crippen LogP) is 4.49. The van der Waals surface area contributed by atoms with Gasteiger partial charge in [-0.15, -0.1) is 0 Å². The minimum atomic E-state index is -2.02. The van der Waals surface area contributed by atoms with Gasteiger partial charge in [-0.2, -0.15) is 0 Å². The molecular formula is C23H17ClFNO3. The van der Waals surface area contributed by atoms with E-state index in [1.54, 1.807) is 66.7 Å². The van der Waals surface area contributed by atoms with Gasteiger partial charge in [0.25, 0.3) is 5.91 Å². The lowest BCUT2D eigenvalue weighted by Gasteiger charge is -2.23. The zero-order valence-corrected chi connectivity index (χ0v) is 16.1. The first kappa shape index (κ1) is 19.3. The van der Waals surface area contributed by atoms with Gasteiger partial charge in [0.1, 0.15) is 5.82 Å². The van der Waals surface area contributed by atoms with Crippen LogP contribution in [0.2, 0.25) is 5.02 Å². The van der Waals surface area contributed by atoms with Gasteiger partial charge in [0.15, 0.2) is 11.4 Å². The van der Waals surface area contributed by atoms with Gasteiger partial charge in [-0.1, -0.05) is 48.0 Å². The Hall–Kier alpha value is -3.02. The predicted molar refractivity (Wildman–Crippen MR) is 108 cm³/mol. The molecule has 4 rings (SSSR count). The van der Waals surface area contributed by atoms with Gasteiger partial charge in [0.2, 0.25) is 0 Å². The molecule has 3 aromatic rings. The topological polar surface area (TPSA) is 57.6 Å². The van der Waals surface area contributed by atoms with Gasteiger partial charge in [0.05, 0.1) is 18.7 Å². The molecule has 29 heavy (non-hydrogen) atoms. The molecule has 0 fully saturated rings. The number of ketones is 1. The van der Waals surface area contributed by atoms with Gasteiger partial charge in [0, 0.05) is 21.7 Å². The fraction of sp³-hybridized carbons (Fsp3) is 0.130. The van der Waals surface area contributed by atoms with Crippen molar-refractivity contribution < 1.29 is 19.1 Å². The van der Waals surface area contributed by atoms with E-state index < -0.39 is 23.7 Å². The number of hydrogen-bond donors (Lipinski definition) is 1. The summed E-state index contributed by atoms with van der Waals surface area (Å²) in [5.41, 5.74) is -0.543. The molecule has 0 radical (unpaired) electrons. The number of hydrogen-bond acceptors (Lipinski definition) is 3. The Kier molecular flexibility index (Phi) is 4.94. The molecule has 4 nitrogen and oxygen atoms in total. The monoisotopic (exact) mass is 409 g/mol. The Labute approximate surface area is 172 Å². The minimum absolute atomic E-state index is 0.0417. The van der Waals surface area contributed by atoms with E-state index in [1.807, 2.05) is 0 Å². The van der Waals surface area contributed by atoms with Crippen LogP contribution in [0.4, 0.5) is 10.1 Å². The van der Waals surface area contributed by atoms with Crippen LogP contribution < -0.4 is 4.90 Å². The van der Waals surface area contributed by atoms with Crippen LogP contribution in [-0.2, 0) is 16.9 Å². The molecule has 1 aliphatic rings. The maximum Gasteiger partial charge on any atom is 0.264 e. The highest BCUT2D eigenvalue weighted by Crippen LogP contribution is 2.43. The van der Waals surface area contributed by atoms with Crippen molar-refractivity contribution in [1.82, 2.24) is 0 Å². The molecule has 0 spiro atoms. The molecule has 1 atom stereocenters. The van der Waals surface area contributed by atoms with Crippen LogP contribution >= 0.6 is 11.6 Å². The van der Waals surface area contributed by atoms with Crippen molar-refractivity contribution in [2.24, 2.45) is 0 Å². The molecule has 3 aromatic carbocycles. The molecule has 0 aromatic heterocycles. The number of rotatable bonds is 5. The van der Waals surface area contributed by atoms with Gasteiger partial charge >= 0.3 is 0 Å². The van der Waals surface area contributed by atoms with Gasteiger partial charge in [-0.3, -0.25) is 9.59 Å². The number of benzene rings is 3. The maximum absolute atomic E-state index is 14.1. The van der Waals surface area contributed by atoms with E-state index in [4.69, 9.17) is 11.6 Å². The number of anilines is 1. The molecule has 1 amide bonds. The van der Waals surface area contributed by atoms with E-state index in [1.165, 1.54) is 11.0 Å². The average molecular weight is 410 g/mol. The summed E-state index contributed by atoms with van der Waals surface area (Å²) < 4.78 is 14.1. The van der Waals surface area contributed by atoms with Crippen LogP contribution in [0.5, 0.6) is 0 Å². The normalized spacial score (nSPS) is 18.0. The molecule has 0 saturated carbocycles. The summed E-state index contributed by atoms with van der Waals surface area (Å²) in [6, 6.07) is 19.1. The Morgan fingerprint density at radius 3 is 2.38 bits per heavy atom. The quantitative estimate of drug-likeness (QED) is 0.632.